The molecule has 0 aliphatic rings. The zero-order chi connectivity index (χ0) is 18.6. The van der Waals surface area contributed by atoms with E-state index < -0.39 is 10.0 Å². The minimum atomic E-state index is -3.64. The van der Waals surface area contributed by atoms with Crippen LogP contribution in [-0.2, 0) is 10.0 Å². The molecule has 5 nitrogen and oxygen atoms in total. The van der Waals surface area contributed by atoms with Crippen molar-refractivity contribution in [3.8, 4) is 11.5 Å². The second kappa shape index (κ2) is 7.89. The molecule has 1 atom stereocenters. The van der Waals surface area contributed by atoms with E-state index in [1.54, 1.807) is 33.1 Å². The van der Waals surface area contributed by atoms with Gasteiger partial charge in [-0.2, -0.15) is 0 Å². The molecule has 136 valence electrons. The van der Waals surface area contributed by atoms with Gasteiger partial charge in [-0.3, -0.25) is 0 Å². The molecule has 0 saturated carbocycles. The van der Waals surface area contributed by atoms with Crippen LogP contribution in [0.25, 0.3) is 0 Å². The van der Waals surface area contributed by atoms with Crippen molar-refractivity contribution >= 4 is 10.0 Å². The molecule has 0 aliphatic heterocycles. The minimum Gasteiger partial charge on any atom is -0.496 e. The fourth-order valence-electron chi connectivity index (χ4n) is 2.58. The number of hydrogen-bond acceptors (Lipinski definition) is 4. The second-order valence-electron chi connectivity index (χ2n) is 6.11. The molecule has 0 bridgehead atoms. The van der Waals surface area contributed by atoms with Gasteiger partial charge in [0.25, 0.3) is 0 Å². The Morgan fingerprint density at radius 2 is 1.68 bits per heavy atom. The zero-order valence-corrected chi connectivity index (χ0v) is 16.1. The van der Waals surface area contributed by atoms with E-state index in [1.165, 1.54) is 0 Å². The first-order valence-corrected chi connectivity index (χ1v) is 9.59. The monoisotopic (exact) mass is 363 g/mol. The highest BCUT2D eigenvalue weighted by Crippen LogP contribution is 2.27. The first-order valence-electron chi connectivity index (χ1n) is 8.11. The highest BCUT2D eigenvalue weighted by molar-refractivity contribution is 7.89. The maximum absolute atomic E-state index is 12.7. The Bertz CT molecular complexity index is 846. The highest BCUT2D eigenvalue weighted by Gasteiger charge is 2.22. The van der Waals surface area contributed by atoms with Crippen LogP contribution in [0.2, 0.25) is 0 Å². The van der Waals surface area contributed by atoms with E-state index in [-0.39, 0.29) is 17.5 Å². The number of hydrogen-bond donors (Lipinski definition) is 1. The van der Waals surface area contributed by atoms with E-state index in [4.69, 9.17) is 9.47 Å². The van der Waals surface area contributed by atoms with E-state index in [0.29, 0.717) is 11.3 Å². The summed E-state index contributed by atoms with van der Waals surface area (Å²) in [5, 5.41) is 0. The van der Waals surface area contributed by atoms with E-state index in [0.717, 1.165) is 16.9 Å². The van der Waals surface area contributed by atoms with Crippen LogP contribution in [0.4, 0.5) is 0 Å². The standard InChI is InChI=1S/C19H25NO4S/c1-13-8-6-7-9-17(13)24-12-14(2)20-25(21,22)19-11-10-18(23-5)15(3)16(19)4/h6-11,14,20H,12H2,1-5H3. The topological polar surface area (TPSA) is 64.6 Å². The molecular formula is C19H25NO4S. The molecule has 0 radical (unpaired) electrons. The summed E-state index contributed by atoms with van der Waals surface area (Å²) < 4.78 is 39.0. The normalized spacial score (nSPS) is 12.7. The van der Waals surface area contributed by atoms with Gasteiger partial charge >= 0.3 is 0 Å². The van der Waals surface area contributed by atoms with Gasteiger partial charge in [-0.1, -0.05) is 18.2 Å². The Morgan fingerprint density at radius 3 is 2.32 bits per heavy atom. The van der Waals surface area contributed by atoms with Gasteiger partial charge in [0.2, 0.25) is 10.0 Å². The average Bonchev–Trinajstić information content (AvgIpc) is 2.56. The lowest BCUT2D eigenvalue weighted by atomic mass is 10.1. The zero-order valence-electron chi connectivity index (χ0n) is 15.3. The van der Waals surface area contributed by atoms with Crippen molar-refractivity contribution in [2.45, 2.75) is 38.6 Å². The highest BCUT2D eigenvalue weighted by atomic mass is 32.2. The predicted octanol–water partition coefficient (Wildman–Crippen LogP) is 3.37. The Hall–Kier alpha value is -2.05. The number of nitrogens with one attached hydrogen (secondary N) is 1. The van der Waals surface area contributed by atoms with Gasteiger partial charge < -0.3 is 9.47 Å². The number of benzene rings is 2. The molecule has 0 amide bonds. The molecular weight excluding hydrogens is 338 g/mol. The number of ether oxygens (including phenoxy) is 2. The van der Waals surface area contributed by atoms with Crippen LogP contribution in [0, 0.1) is 20.8 Å². The molecule has 2 rings (SSSR count). The van der Waals surface area contributed by atoms with Crippen molar-refractivity contribution in [1.29, 1.82) is 0 Å². The van der Waals surface area contributed by atoms with Crippen molar-refractivity contribution in [3.05, 3.63) is 53.1 Å². The van der Waals surface area contributed by atoms with Gasteiger partial charge in [-0.25, -0.2) is 13.1 Å². The number of para-hydroxylation sites is 1. The molecule has 0 aromatic heterocycles. The number of sulfonamides is 1. The summed E-state index contributed by atoms with van der Waals surface area (Å²) in [6, 6.07) is 10.5. The van der Waals surface area contributed by atoms with E-state index in [1.807, 2.05) is 38.1 Å². The smallest absolute Gasteiger partial charge is 0.241 e. The van der Waals surface area contributed by atoms with Crippen LogP contribution in [0.5, 0.6) is 11.5 Å². The molecule has 0 heterocycles. The summed E-state index contributed by atoms with van der Waals surface area (Å²) in [6.45, 7) is 7.60. The van der Waals surface area contributed by atoms with Gasteiger partial charge in [0.1, 0.15) is 18.1 Å². The predicted molar refractivity (Wildman–Crippen MR) is 98.9 cm³/mol. The largest absolute Gasteiger partial charge is 0.496 e. The molecule has 25 heavy (non-hydrogen) atoms. The van der Waals surface area contributed by atoms with Crippen molar-refractivity contribution in [1.82, 2.24) is 4.72 Å². The lowest BCUT2D eigenvalue weighted by Gasteiger charge is -2.18. The molecule has 2 aromatic carbocycles. The van der Waals surface area contributed by atoms with Gasteiger partial charge in [-0.15, -0.1) is 0 Å². The molecule has 0 saturated heterocycles. The number of aryl methyl sites for hydroxylation is 1. The maximum Gasteiger partial charge on any atom is 0.241 e. The SMILES string of the molecule is COc1ccc(S(=O)(=O)NC(C)COc2ccccc2C)c(C)c1C. The van der Waals surface area contributed by atoms with Crippen LogP contribution in [0.3, 0.4) is 0 Å². The molecule has 0 aliphatic carbocycles. The molecule has 1 N–H and O–H groups in total. The molecule has 0 fully saturated rings. The molecule has 1 unspecified atom stereocenters. The summed E-state index contributed by atoms with van der Waals surface area (Å²) in [7, 11) is -2.07. The first-order chi connectivity index (χ1) is 11.8. The van der Waals surface area contributed by atoms with Crippen LogP contribution in [0.15, 0.2) is 41.3 Å². The van der Waals surface area contributed by atoms with Gasteiger partial charge in [-0.05, 0) is 62.6 Å². The Morgan fingerprint density at radius 1 is 1.00 bits per heavy atom. The number of rotatable bonds is 7. The molecule has 2 aromatic rings. The van der Waals surface area contributed by atoms with Crippen molar-refractivity contribution in [2.75, 3.05) is 13.7 Å². The Kier molecular flexibility index (Phi) is 6.08. The number of methoxy groups -OCH3 is 1. The lowest BCUT2D eigenvalue weighted by Crippen LogP contribution is -2.37. The average molecular weight is 363 g/mol. The maximum atomic E-state index is 12.7. The molecule has 6 heteroatoms. The fraction of sp³-hybridized carbons (Fsp3) is 0.368. The van der Waals surface area contributed by atoms with E-state index >= 15 is 0 Å². The summed E-state index contributed by atoms with van der Waals surface area (Å²) in [5.41, 5.74) is 2.51. The third kappa shape index (κ3) is 4.52. The third-order valence-corrected chi connectivity index (χ3v) is 5.87. The molecule has 0 spiro atoms. The minimum absolute atomic E-state index is 0.248. The lowest BCUT2D eigenvalue weighted by molar-refractivity contribution is 0.285. The van der Waals surface area contributed by atoms with Gasteiger partial charge in [0, 0.05) is 0 Å². The van der Waals surface area contributed by atoms with Crippen LogP contribution < -0.4 is 14.2 Å². The van der Waals surface area contributed by atoms with Crippen LogP contribution >= 0.6 is 0 Å². The fourth-order valence-corrected chi connectivity index (χ4v) is 4.11. The van der Waals surface area contributed by atoms with Crippen LogP contribution in [0.1, 0.15) is 23.6 Å². The Labute approximate surface area is 150 Å². The van der Waals surface area contributed by atoms with E-state index in [2.05, 4.69) is 4.72 Å². The van der Waals surface area contributed by atoms with Crippen molar-refractivity contribution < 1.29 is 17.9 Å². The summed E-state index contributed by atoms with van der Waals surface area (Å²) in [5.74, 6) is 1.43. The third-order valence-electron chi connectivity index (χ3n) is 4.14. The second-order valence-corrected chi connectivity index (χ2v) is 7.80. The van der Waals surface area contributed by atoms with Crippen molar-refractivity contribution in [3.63, 3.8) is 0 Å². The van der Waals surface area contributed by atoms with Crippen LogP contribution in [-0.4, -0.2) is 28.2 Å². The quantitative estimate of drug-likeness (QED) is 0.819. The summed E-state index contributed by atoms with van der Waals surface area (Å²) in [4.78, 5) is 0.258. The summed E-state index contributed by atoms with van der Waals surface area (Å²) >= 11 is 0. The van der Waals surface area contributed by atoms with Gasteiger partial charge in [0.15, 0.2) is 0 Å². The van der Waals surface area contributed by atoms with E-state index in [9.17, 15) is 8.42 Å². The first kappa shape index (κ1) is 19.3. The van der Waals surface area contributed by atoms with Crippen molar-refractivity contribution in [2.24, 2.45) is 0 Å². The Balaban J connectivity index is 2.10. The summed E-state index contributed by atoms with van der Waals surface area (Å²) in [6.07, 6.45) is 0. The van der Waals surface area contributed by atoms with Gasteiger partial charge in [0.05, 0.1) is 18.0 Å².